The Morgan fingerprint density at radius 1 is 1.14 bits per heavy atom. The summed E-state index contributed by atoms with van der Waals surface area (Å²) in [7, 11) is -3.77. The number of benzene rings is 2. The van der Waals surface area contributed by atoms with Gasteiger partial charge in [0.05, 0.1) is 22.9 Å². The van der Waals surface area contributed by atoms with Crippen molar-refractivity contribution in [2.75, 3.05) is 16.3 Å². The monoisotopic (exact) mass is 407 g/mol. The highest BCUT2D eigenvalue weighted by atomic mass is 32.2. The minimum Gasteiger partial charge on any atom is -0.455 e. The van der Waals surface area contributed by atoms with Crippen LogP contribution < -0.4 is 14.8 Å². The number of anilines is 2. The topological polar surface area (TPSA) is 145 Å². The molecule has 2 aromatic carbocycles. The third kappa shape index (κ3) is 5.51. The molecule has 2 N–H and O–H groups in total. The summed E-state index contributed by atoms with van der Waals surface area (Å²) in [5.41, 5.74) is -1.05. The number of nitrogens with one attached hydrogen (secondary N) is 2. The van der Waals surface area contributed by atoms with Crippen molar-refractivity contribution < 1.29 is 27.7 Å². The maximum Gasteiger partial charge on any atom is 0.296 e. The number of hydrogen-bond donors (Lipinski definition) is 2. The quantitative estimate of drug-likeness (QED) is 0.389. The van der Waals surface area contributed by atoms with Gasteiger partial charge in [0.15, 0.2) is 5.75 Å². The number of hydrogen-bond acceptors (Lipinski definition) is 7. The summed E-state index contributed by atoms with van der Waals surface area (Å²) in [6.07, 6.45) is 0.794. The molecule has 0 saturated heterocycles. The highest BCUT2D eigenvalue weighted by Gasteiger charge is 2.24. The number of rotatable bonds is 8. The molecule has 0 spiro atoms. The number of carbonyl (C=O) groups excluding carboxylic acids is 2. The molecular formula is C17H17N3O7S. The van der Waals surface area contributed by atoms with E-state index in [1.807, 2.05) is 0 Å². The van der Waals surface area contributed by atoms with Crippen molar-refractivity contribution >= 4 is 38.8 Å². The molecule has 28 heavy (non-hydrogen) atoms. The summed E-state index contributed by atoms with van der Waals surface area (Å²) < 4.78 is 31.1. The smallest absolute Gasteiger partial charge is 0.296 e. The third-order valence-electron chi connectivity index (χ3n) is 3.38. The Labute approximate surface area is 160 Å². The summed E-state index contributed by atoms with van der Waals surface area (Å²) in [5, 5.41) is 13.6. The first kappa shape index (κ1) is 20.8. The zero-order chi connectivity index (χ0) is 20.9. The Bertz CT molecular complexity index is 1020. The summed E-state index contributed by atoms with van der Waals surface area (Å²) >= 11 is 0. The van der Waals surface area contributed by atoms with E-state index in [2.05, 4.69) is 10.0 Å². The summed E-state index contributed by atoms with van der Waals surface area (Å²) in [5.74, 6) is -1.67. The Hall–Kier alpha value is -3.47. The Morgan fingerprint density at radius 3 is 2.32 bits per heavy atom. The molecule has 148 valence electrons. The van der Waals surface area contributed by atoms with Gasteiger partial charge >= 0.3 is 0 Å². The van der Waals surface area contributed by atoms with Crippen LogP contribution in [0.5, 0.6) is 11.5 Å². The van der Waals surface area contributed by atoms with Crippen molar-refractivity contribution in [3.8, 4) is 11.5 Å². The minimum atomic E-state index is -3.77. The molecule has 0 heterocycles. The molecule has 0 atom stereocenters. The van der Waals surface area contributed by atoms with Crippen LogP contribution in [0.3, 0.4) is 0 Å². The van der Waals surface area contributed by atoms with E-state index in [9.17, 15) is 28.1 Å². The van der Waals surface area contributed by atoms with E-state index in [1.54, 1.807) is 30.3 Å². The predicted molar refractivity (Wildman–Crippen MR) is 102 cm³/mol. The second kappa shape index (κ2) is 8.48. The summed E-state index contributed by atoms with van der Waals surface area (Å²) in [6, 6.07) is 10.2. The number of nitrogens with zero attached hydrogens (tertiary/aromatic N) is 1. The first-order valence-electron chi connectivity index (χ1n) is 7.98. The fraction of sp³-hybridized carbons (Fsp3) is 0.176. The molecule has 0 radical (unpaired) electrons. The van der Waals surface area contributed by atoms with E-state index in [-0.39, 0.29) is 23.5 Å². The van der Waals surface area contributed by atoms with Gasteiger partial charge < -0.3 is 10.1 Å². The third-order valence-corrected chi connectivity index (χ3v) is 3.97. The highest BCUT2D eigenvalue weighted by molar-refractivity contribution is 7.92. The van der Waals surface area contributed by atoms with Gasteiger partial charge in [-0.1, -0.05) is 25.1 Å². The number of nitro groups is 1. The Morgan fingerprint density at radius 2 is 1.79 bits per heavy atom. The van der Waals surface area contributed by atoms with Crippen molar-refractivity contribution in [2.24, 2.45) is 0 Å². The van der Waals surface area contributed by atoms with E-state index in [0.717, 1.165) is 18.4 Å². The normalized spacial score (nSPS) is 10.8. The lowest BCUT2D eigenvalue weighted by atomic mass is 10.2. The van der Waals surface area contributed by atoms with Crippen LogP contribution in [0.25, 0.3) is 0 Å². The van der Waals surface area contributed by atoms with Gasteiger partial charge in [0, 0.05) is 6.42 Å². The average molecular weight is 407 g/mol. The minimum absolute atomic E-state index is 0.0940. The standard InChI is InChI=1S/C17H17N3O7S/c1-3-15(21)17(22)18-12-9-13(19-28(2,25)26)16(10-14(12)20(23)24)27-11-7-5-4-6-8-11/h4-10,19H,3H2,1-2H3,(H,18,22). The summed E-state index contributed by atoms with van der Waals surface area (Å²) in [6.45, 7) is 1.46. The fourth-order valence-corrected chi connectivity index (χ4v) is 2.71. The number of carbonyl (C=O) groups is 2. The van der Waals surface area contributed by atoms with E-state index in [0.29, 0.717) is 5.75 Å². The molecule has 2 aromatic rings. The number of ketones is 1. The number of amides is 1. The van der Waals surface area contributed by atoms with Crippen molar-refractivity contribution in [3.05, 3.63) is 52.6 Å². The van der Waals surface area contributed by atoms with Crippen LogP contribution in [-0.2, 0) is 19.6 Å². The lowest BCUT2D eigenvalue weighted by molar-refractivity contribution is -0.384. The SMILES string of the molecule is CCC(=O)C(=O)Nc1cc(NS(C)(=O)=O)c(Oc2ccccc2)cc1[N+](=O)[O-]. The van der Waals surface area contributed by atoms with E-state index >= 15 is 0 Å². The molecule has 0 fully saturated rings. The van der Waals surface area contributed by atoms with Crippen LogP contribution in [0.4, 0.5) is 17.1 Å². The molecule has 1 amide bonds. The fourth-order valence-electron chi connectivity index (χ4n) is 2.15. The van der Waals surface area contributed by atoms with Crippen molar-refractivity contribution in [3.63, 3.8) is 0 Å². The molecule has 2 rings (SSSR count). The lowest BCUT2D eigenvalue weighted by Gasteiger charge is -2.14. The molecule has 10 nitrogen and oxygen atoms in total. The molecule has 0 saturated carbocycles. The maximum atomic E-state index is 11.8. The number of sulfonamides is 1. The molecule has 0 unspecified atom stereocenters. The molecule has 0 aromatic heterocycles. The highest BCUT2D eigenvalue weighted by Crippen LogP contribution is 2.39. The zero-order valence-electron chi connectivity index (χ0n) is 15.0. The van der Waals surface area contributed by atoms with Crippen LogP contribution in [0, 0.1) is 10.1 Å². The average Bonchev–Trinajstić information content (AvgIpc) is 2.62. The van der Waals surface area contributed by atoms with E-state index in [1.165, 1.54) is 6.92 Å². The van der Waals surface area contributed by atoms with Crippen LogP contribution in [0.2, 0.25) is 0 Å². The van der Waals surface area contributed by atoms with Gasteiger partial charge in [-0.3, -0.25) is 24.4 Å². The van der Waals surface area contributed by atoms with Gasteiger partial charge in [-0.25, -0.2) is 8.42 Å². The van der Waals surface area contributed by atoms with Gasteiger partial charge in [-0.05, 0) is 18.2 Å². The molecule has 0 aliphatic carbocycles. The van der Waals surface area contributed by atoms with Gasteiger partial charge in [0.1, 0.15) is 11.4 Å². The van der Waals surface area contributed by atoms with Crippen LogP contribution in [0.1, 0.15) is 13.3 Å². The van der Waals surface area contributed by atoms with Gasteiger partial charge in [-0.15, -0.1) is 0 Å². The van der Waals surface area contributed by atoms with Crippen molar-refractivity contribution in [2.45, 2.75) is 13.3 Å². The Balaban J connectivity index is 2.57. The number of para-hydroxylation sites is 1. The zero-order valence-corrected chi connectivity index (χ0v) is 15.8. The number of nitro benzene ring substituents is 1. The van der Waals surface area contributed by atoms with Gasteiger partial charge in [0.25, 0.3) is 11.6 Å². The summed E-state index contributed by atoms with van der Waals surface area (Å²) in [4.78, 5) is 34.0. The van der Waals surface area contributed by atoms with Crippen LogP contribution in [0.15, 0.2) is 42.5 Å². The second-order valence-electron chi connectivity index (χ2n) is 5.64. The van der Waals surface area contributed by atoms with Gasteiger partial charge in [0.2, 0.25) is 15.8 Å². The van der Waals surface area contributed by atoms with E-state index < -0.39 is 32.3 Å². The molecule has 0 bridgehead atoms. The predicted octanol–water partition coefficient (Wildman–Crippen LogP) is 2.68. The maximum absolute atomic E-state index is 11.8. The number of ether oxygens (including phenoxy) is 1. The molecular weight excluding hydrogens is 390 g/mol. The first-order valence-corrected chi connectivity index (χ1v) is 9.87. The molecule has 0 aliphatic rings. The van der Waals surface area contributed by atoms with Crippen LogP contribution >= 0.6 is 0 Å². The van der Waals surface area contributed by atoms with E-state index in [4.69, 9.17) is 4.74 Å². The number of Topliss-reactive ketones (excluding diaryl/α,β-unsaturated/α-hetero) is 1. The first-order chi connectivity index (χ1) is 13.1. The lowest BCUT2D eigenvalue weighted by Crippen LogP contribution is -2.22. The Kier molecular flexibility index (Phi) is 6.31. The molecule has 11 heteroatoms. The molecule has 0 aliphatic heterocycles. The largest absolute Gasteiger partial charge is 0.455 e. The van der Waals surface area contributed by atoms with Crippen LogP contribution in [-0.4, -0.2) is 31.3 Å². The van der Waals surface area contributed by atoms with Crippen molar-refractivity contribution in [1.82, 2.24) is 0 Å². The van der Waals surface area contributed by atoms with Gasteiger partial charge in [-0.2, -0.15) is 0 Å². The van der Waals surface area contributed by atoms with Crippen molar-refractivity contribution in [1.29, 1.82) is 0 Å². The second-order valence-corrected chi connectivity index (χ2v) is 7.39.